The van der Waals surface area contributed by atoms with Gasteiger partial charge >= 0.3 is 0 Å². The van der Waals surface area contributed by atoms with Gasteiger partial charge in [0.15, 0.2) is 0 Å². The van der Waals surface area contributed by atoms with E-state index in [0.29, 0.717) is 0 Å². The first-order valence-corrected chi connectivity index (χ1v) is 3.75. The summed E-state index contributed by atoms with van der Waals surface area (Å²) in [5, 5.41) is 18.6. The van der Waals surface area contributed by atoms with E-state index in [9.17, 15) is 10.2 Å². The highest BCUT2D eigenvalue weighted by molar-refractivity contribution is 5.09. The average molecular weight is 156 g/mol. The standard InChI is InChI=1S/C9H16O2/c1-4-6-8(10)9(11)7(3)5-2/h4-6,8-11H,1-3H3/b6-4+,7-5+. The van der Waals surface area contributed by atoms with Crippen molar-refractivity contribution in [3.8, 4) is 0 Å². The number of allylic oxidation sites excluding steroid dienone is 2. The van der Waals surface area contributed by atoms with Crippen LogP contribution in [-0.4, -0.2) is 22.4 Å². The van der Waals surface area contributed by atoms with Crippen LogP contribution in [0.5, 0.6) is 0 Å². The van der Waals surface area contributed by atoms with Gasteiger partial charge in [-0.3, -0.25) is 0 Å². The van der Waals surface area contributed by atoms with Gasteiger partial charge in [-0.2, -0.15) is 0 Å². The summed E-state index contributed by atoms with van der Waals surface area (Å²) in [4.78, 5) is 0. The molecule has 0 fully saturated rings. The highest BCUT2D eigenvalue weighted by Crippen LogP contribution is 2.06. The van der Waals surface area contributed by atoms with Gasteiger partial charge in [0.05, 0.1) is 0 Å². The van der Waals surface area contributed by atoms with Crippen molar-refractivity contribution in [2.75, 3.05) is 0 Å². The zero-order valence-electron chi connectivity index (χ0n) is 7.28. The van der Waals surface area contributed by atoms with Crippen LogP contribution in [-0.2, 0) is 0 Å². The van der Waals surface area contributed by atoms with Crippen molar-refractivity contribution in [1.82, 2.24) is 0 Å². The third-order valence-corrected chi connectivity index (χ3v) is 1.63. The molecule has 0 aromatic heterocycles. The van der Waals surface area contributed by atoms with Gasteiger partial charge in [-0.05, 0) is 26.3 Å². The zero-order valence-corrected chi connectivity index (χ0v) is 7.28. The first-order chi connectivity index (χ1) is 5.13. The fraction of sp³-hybridized carbons (Fsp3) is 0.556. The van der Waals surface area contributed by atoms with Crippen LogP contribution in [0.3, 0.4) is 0 Å². The van der Waals surface area contributed by atoms with Crippen LogP contribution in [0, 0.1) is 0 Å². The van der Waals surface area contributed by atoms with Gasteiger partial charge in [0.25, 0.3) is 0 Å². The Morgan fingerprint density at radius 1 is 1.27 bits per heavy atom. The summed E-state index contributed by atoms with van der Waals surface area (Å²) < 4.78 is 0. The van der Waals surface area contributed by atoms with E-state index < -0.39 is 12.2 Å². The quantitative estimate of drug-likeness (QED) is 0.604. The second-order valence-electron chi connectivity index (χ2n) is 2.49. The minimum Gasteiger partial charge on any atom is -0.386 e. The van der Waals surface area contributed by atoms with Crippen LogP contribution in [0.25, 0.3) is 0 Å². The Labute approximate surface area is 67.9 Å². The normalized spacial score (nSPS) is 18.8. The maximum absolute atomic E-state index is 9.35. The summed E-state index contributed by atoms with van der Waals surface area (Å²) in [5.74, 6) is 0. The van der Waals surface area contributed by atoms with Crippen LogP contribution in [0.2, 0.25) is 0 Å². The van der Waals surface area contributed by atoms with Crippen molar-refractivity contribution in [2.45, 2.75) is 33.0 Å². The third kappa shape index (κ3) is 3.35. The molecule has 0 saturated carbocycles. The van der Waals surface area contributed by atoms with Crippen molar-refractivity contribution < 1.29 is 10.2 Å². The fourth-order valence-electron chi connectivity index (χ4n) is 0.743. The molecule has 0 aromatic rings. The van der Waals surface area contributed by atoms with Crippen molar-refractivity contribution in [1.29, 1.82) is 0 Å². The van der Waals surface area contributed by atoms with E-state index in [0.717, 1.165) is 5.57 Å². The maximum atomic E-state index is 9.35. The topological polar surface area (TPSA) is 40.5 Å². The lowest BCUT2D eigenvalue weighted by atomic mass is 10.1. The Hall–Kier alpha value is -0.600. The molecule has 0 aliphatic heterocycles. The molecule has 64 valence electrons. The Balaban J connectivity index is 4.12. The number of rotatable bonds is 3. The highest BCUT2D eigenvalue weighted by atomic mass is 16.3. The molecule has 2 atom stereocenters. The number of hydrogen-bond donors (Lipinski definition) is 2. The first-order valence-electron chi connectivity index (χ1n) is 3.75. The van der Waals surface area contributed by atoms with Gasteiger partial charge in [-0.15, -0.1) is 0 Å². The molecule has 2 unspecified atom stereocenters. The minimum atomic E-state index is -0.781. The summed E-state index contributed by atoms with van der Waals surface area (Å²) in [6, 6.07) is 0. The second kappa shape index (κ2) is 5.10. The summed E-state index contributed by atoms with van der Waals surface area (Å²) in [7, 11) is 0. The van der Waals surface area contributed by atoms with Crippen LogP contribution in [0.1, 0.15) is 20.8 Å². The van der Waals surface area contributed by atoms with Crippen molar-refractivity contribution in [3.63, 3.8) is 0 Å². The SMILES string of the molecule is C/C=C/C(O)C(O)/C(C)=C/C. The molecule has 0 aromatic carbocycles. The summed E-state index contributed by atoms with van der Waals surface area (Å²) in [5.41, 5.74) is 0.788. The van der Waals surface area contributed by atoms with E-state index in [1.807, 2.05) is 6.92 Å². The van der Waals surface area contributed by atoms with Crippen LogP contribution < -0.4 is 0 Å². The van der Waals surface area contributed by atoms with E-state index >= 15 is 0 Å². The van der Waals surface area contributed by atoms with E-state index in [2.05, 4.69) is 0 Å². The molecule has 11 heavy (non-hydrogen) atoms. The molecule has 0 aliphatic rings. The molecule has 0 saturated heterocycles. The predicted molar refractivity (Wildman–Crippen MR) is 46.3 cm³/mol. The van der Waals surface area contributed by atoms with Crippen LogP contribution in [0.4, 0.5) is 0 Å². The van der Waals surface area contributed by atoms with Gasteiger partial charge in [0.1, 0.15) is 12.2 Å². The molecule has 0 radical (unpaired) electrons. The molecular formula is C9H16O2. The minimum absolute atomic E-state index is 0.767. The molecule has 2 nitrogen and oxygen atoms in total. The largest absolute Gasteiger partial charge is 0.386 e. The Morgan fingerprint density at radius 3 is 2.18 bits per heavy atom. The molecule has 0 aliphatic carbocycles. The molecular weight excluding hydrogens is 140 g/mol. The van der Waals surface area contributed by atoms with Crippen LogP contribution in [0.15, 0.2) is 23.8 Å². The van der Waals surface area contributed by atoms with E-state index in [1.165, 1.54) is 0 Å². The number of aliphatic hydroxyl groups excluding tert-OH is 2. The average Bonchev–Trinajstić information content (AvgIpc) is 2.02. The molecule has 0 amide bonds. The van der Waals surface area contributed by atoms with E-state index in [-0.39, 0.29) is 0 Å². The lowest BCUT2D eigenvalue weighted by molar-refractivity contribution is 0.0730. The molecule has 0 rings (SSSR count). The lowest BCUT2D eigenvalue weighted by Crippen LogP contribution is -2.24. The summed E-state index contributed by atoms with van der Waals surface area (Å²) in [6.07, 6.45) is 3.53. The molecule has 0 spiro atoms. The van der Waals surface area contributed by atoms with E-state index in [4.69, 9.17) is 0 Å². The lowest BCUT2D eigenvalue weighted by Gasteiger charge is -2.14. The molecule has 2 N–H and O–H groups in total. The Bertz CT molecular complexity index is 159. The van der Waals surface area contributed by atoms with E-state index in [1.54, 1.807) is 32.1 Å². The van der Waals surface area contributed by atoms with Crippen molar-refractivity contribution >= 4 is 0 Å². The molecule has 0 heterocycles. The zero-order chi connectivity index (χ0) is 8.85. The number of hydrogen-bond acceptors (Lipinski definition) is 2. The predicted octanol–water partition coefficient (Wildman–Crippen LogP) is 1.25. The van der Waals surface area contributed by atoms with Gasteiger partial charge in [-0.25, -0.2) is 0 Å². The number of aliphatic hydroxyl groups is 2. The smallest absolute Gasteiger partial charge is 0.104 e. The van der Waals surface area contributed by atoms with Gasteiger partial charge < -0.3 is 10.2 Å². The summed E-state index contributed by atoms with van der Waals surface area (Å²) >= 11 is 0. The van der Waals surface area contributed by atoms with Gasteiger partial charge in [0, 0.05) is 0 Å². The highest BCUT2D eigenvalue weighted by Gasteiger charge is 2.13. The molecule has 2 heteroatoms. The molecule has 0 bridgehead atoms. The van der Waals surface area contributed by atoms with Crippen molar-refractivity contribution in [2.24, 2.45) is 0 Å². The second-order valence-corrected chi connectivity index (χ2v) is 2.49. The van der Waals surface area contributed by atoms with Gasteiger partial charge in [-0.1, -0.05) is 18.2 Å². The third-order valence-electron chi connectivity index (χ3n) is 1.63. The summed E-state index contributed by atoms with van der Waals surface area (Å²) in [6.45, 7) is 5.43. The van der Waals surface area contributed by atoms with Crippen LogP contribution >= 0.6 is 0 Å². The fourth-order valence-corrected chi connectivity index (χ4v) is 0.743. The van der Waals surface area contributed by atoms with Crippen molar-refractivity contribution in [3.05, 3.63) is 23.8 Å². The Morgan fingerprint density at radius 2 is 1.82 bits per heavy atom. The maximum Gasteiger partial charge on any atom is 0.104 e. The van der Waals surface area contributed by atoms with Gasteiger partial charge in [0.2, 0.25) is 0 Å². The monoisotopic (exact) mass is 156 g/mol. The first kappa shape index (κ1) is 10.4. The Kier molecular flexibility index (Phi) is 4.83.